The number of nitrogens with one attached hydrogen (secondary N) is 1. The fraction of sp³-hybridized carbons (Fsp3) is 0.450. The highest BCUT2D eigenvalue weighted by atomic mass is 19.3. The molecule has 0 unspecified atom stereocenters. The standard InChI is InChI=1S/C20H20F3N5O2/c1-11-7-16-14(18-20(22,23)6-5-13(29)9-28(18)26-16)10-27(11)19(30)25-12-3-4-15(21)17(8-12)24-2/h3-4,8,11,13,29H,5-7,9-10H2,1H3,(H,25,30)/t11-,13-/m1/s1. The third-order valence-corrected chi connectivity index (χ3v) is 5.58. The summed E-state index contributed by atoms with van der Waals surface area (Å²) < 4.78 is 44.3. The molecule has 1 aromatic heterocycles. The molecule has 158 valence electrons. The monoisotopic (exact) mass is 419 g/mol. The number of hydrogen-bond acceptors (Lipinski definition) is 3. The van der Waals surface area contributed by atoms with Gasteiger partial charge in [-0.3, -0.25) is 4.68 Å². The molecule has 0 saturated carbocycles. The maximum Gasteiger partial charge on any atom is 0.322 e. The van der Waals surface area contributed by atoms with Gasteiger partial charge in [0.25, 0.3) is 5.92 Å². The summed E-state index contributed by atoms with van der Waals surface area (Å²) in [5.41, 5.74) is 0.598. The van der Waals surface area contributed by atoms with Crippen LogP contribution < -0.4 is 5.32 Å². The van der Waals surface area contributed by atoms with Gasteiger partial charge in [-0.25, -0.2) is 14.0 Å². The highest BCUT2D eigenvalue weighted by molar-refractivity contribution is 5.90. The number of amides is 2. The Balaban J connectivity index is 1.62. The van der Waals surface area contributed by atoms with Gasteiger partial charge < -0.3 is 15.3 Å². The Labute approximate surface area is 170 Å². The number of carbonyl (C=O) groups is 1. The Morgan fingerprint density at radius 1 is 1.43 bits per heavy atom. The van der Waals surface area contributed by atoms with Crippen molar-refractivity contribution in [1.29, 1.82) is 0 Å². The second-order valence-corrected chi connectivity index (χ2v) is 7.74. The summed E-state index contributed by atoms with van der Waals surface area (Å²) >= 11 is 0. The van der Waals surface area contributed by atoms with Crippen molar-refractivity contribution in [2.75, 3.05) is 5.32 Å². The molecule has 30 heavy (non-hydrogen) atoms. The van der Waals surface area contributed by atoms with Crippen LogP contribution >= 0.6 is 0 Å². The minimum absolute atomic E-state index is 0.00647. The second kappa shape index (κ2) is 7.32. The van der Waals surface area contributed by atoms with Gasteiger partial charge in [-0.05, 0) is 31.5 Å². The first-order chi connectivity index (χ1) is 14.2. The van der Waals surface area contributed by atoms with Gasteiger partial charge >= 0.3 is 6.03 Å². The predicted molar refractivity (Wildman–Crippen MR) is 102 cm³/mol. The topological polar surface area (TPSA) is 74.8 Å². The molecule has 0 bridgehead atoms. The smallest absolute Gasteiger partial charge is 0.322 e. The van der Waals surface area contributed by atoms with Gasteiger partial charge in [-0.15, -0.1) is 0 Å². The van der Waals surface area contributed by atoms with Crippen LogP contribution in [0.2, 0.25) is 0 Å². The number of aliphatic hydroxyl groups excluding tert-OH is 1. The summed E-state index contributed by atoms with van der Waals surface area (Å²) in [5, 5.41) is 16.8. The van der Waals surface area contributed by atoms with E-state index >= 15 is 0 Å². The van der Waals surface area contributed by atoms with Gasteiger partial charge in [0.1, 0.15) is 11.5 Å². The van der Waals surface area contributed by atoms with Gasteiger partial charge in [0.05, 0.1) is 31.5 Å². The van der Waals surface area contributed by atoms with Gasteiger partial charge in [0.2, 0.25) is 5.69 Å². The van der Waals surface area contributed by atoms with Crippen LogP contribution in [0.25, 0.3) is 4.85 Å². The highest BCUT2D eigenvalue weighted by Gasteiger charge is 2.44. The summed E-state index contributed by atoms with van der Waals surface area (Å²) in [4.78, 5) is 17.3. The van der Waals surface area contributed by atoms with Crippen molar-refractivity contribution >= 4 is 17.4 Å². The average molecular weight is 419 g/mol. The molecule has 1 aromatic carbocycles. The molecule has 2 aliphatic rings. The lowest BCUT2D eigenvalue weighted by molar-refractivity contribution is -0.0250. The van der Waals surface area contributed by atoms with Gasteiger partial charge in [-0.2, -0.15) is 13.9 Å². The van der Waals surface area contributed by atoms with E-state index in [-0.39, 0.29) is 42.6 Å². The van der Waals surface area contributed by atoms with E-state index in [1.807, 2.05) is 0 Å². The van der Waals surface area contributed by atoms with E-state index in [0.29, 0.717) is 17.7 Å². The lowest BCUT2D eigenvalue weighted by Crippen LogP contribution is -2.45. The summed E-state index contributed by atoms with van der Waals surface area (Å²) in [6, 6.07) is 2.80. The Bertz CT molecular complexity index is 1050. The molecular formula is C20H20F3N5O2. The summed E-state index contributed by atoms with van der Waals surface area (Å²) in [6.45, 7) is 8.70. The maximum absolute atomic E-state index is 14.8. The molecule has 2 amide bonds. The molecule has 0 radical (unpaired) electrons. The summed E-state index contributed by atoms with van der Waals surface area (Å²) in [6.07, 6.45) is -1.11. The minimum atomic E-state index is -3.15. The van der Waals surface area contributed by atoms with Crippen molar-refractivity contribution in [2.24, 2.45) is 0 Å². The van der Waals surface area contributed by atoms with E-state index in [1.165, 1.54) is 21.7 Å². The summed E-state index contributed by atoms with van der Waals surface area (Å²) in [5.74, 6) is -3.84. The van der Waals surface area contributed by atoms with Crippen molar-refractivity contribution in [3.63, 3.8) is 0 Å². The number of urea groups is 1. The van der Waals surface area contributed by atoms with Gasteiger partial charge in [0.15, 0.2) is 0 Å². The number of carbonyl (C=O) groups excluding carboxylic acids is 1. The number of aliphatic hydroxyl groups is 1. The zero-order valence-electron chi connectivity index (χ0n) is 16.2. The van der Waals surface area contributed by atoms with Crippen LogP contribution in [-0.4, -0.2) is 38.0 Å². The number of nitrogens with zero attached hydrogens (tertiary/aromatic N) is 4. The fourth-order valence-electron chi connectivity index (χ4n) is 4.04. The van der Waals surface area contributed by atoms with E-state index in [4.69, 9.17) is 6.57 Å². The number of anilines is 1. The quantitative estimate of drug-likeness (QED) is 0.691. The third kappa shape index (κ3) is 3.50. The Morgan fingerprint density at radius 3 is 2.93 bits per heavy atom. The maximum atomic E-state index is 14.8. The SMILES string of the molecule is [C-]#[N+]c1cc(NC(=O)N2Cc3c(nn4c3C(F)(F)CC[C@@H](O)C4)C[C@H]2C)ccc1F. The Kier molecular flexibility index (Phi) is 4.94. The third-order valence-electron chi connectivity index (χ3n) is 5.58. The highest BCUT2D eigenvalue weighted by Crippen LogP contribution is 2.41. The molecule has 2 aliphatic heterocycles. The van der Waals surface area contributed by atoms with E-state index in [9.17, 15) is 23.1 Å². The normalized spacial score (nSPS) is 22.5. The second-order valence-electron chi connectivity index (χ2n) is 7.74. The van der Waals surface area contributed by atoms with Crippen LogP contribution in [0.1, 0.15) is 36.7 Å². The number of hydrogen-bond donors (Lipinski definition) is 2. The molecule has 2 atom stereocenters. The molecular weight excluding hydrogens is 399 g/mol. The van der Waals surface area contributed by atoms with Crippen molar-refractivity contribution < 1.29 is 23.1 Å². The molecule has 10 heteroatoms. The number of rotatable bonds is 1. The molecule has 2 aromatic rings. The van der Waals surface area contributed by atoms with Gasteiger partial charge in [0, 0.05) is 30.1 Å². The molecule has 3 heterocycles. The van der Waals surface area contributed by atoms with Crippen LogP contribution in [0.3, 0.4) is 0 Å². The van der Waals surface area contributed by atoms with Crippen LogP contribution in [-0.2, 0) is 25.4 Å². The fourth-order valence-corrected chi connectivity index (χ4v) is 4.04. The van der Waals surface area contributed by atoms with E-state index < -0.39 is 30.3 Å². The van der Waals surface area contributed by atoms with Gasteiger partial charge in [-0.1, -0.05) is 0 Å². The van der Waals surface area contributed by atoms with Crippen molar-refractivity contribution in [1.82, 2.24) is 14.7 Å². The molecule has 7 nitrogen and oxygen atoms in total. The number of benzene rings is 1. The lowest BCUT2D eigenvalue weighted by Gasteiger charge is -2.33. The first-order valence-electron chi connectivity index (χ1n) is 9.59. The van der Waals surface area contributed by atoms with E-state index in [1.54, 1.807) is 6.92 Å². The average Bonchev–Trinajstić information content (AvgIpc) is 2.99. The molecule has 2 N–H and O–H groups in total. The van der Waals surface area contributed by atoms with Crippen molar-refractivity contribution in [2.45, 2.75) is 57.3 Å². The molecule has 0 spiro atoms. The Hall–Kier alpha value is -3.06. The van der Waals surface area contributed by atoms with Crippen LogP contribution in [0.4, 0.5) is 29.3 Å². The zero-order valence-corrected chi connectivity index (χ0v) is 16.2. The van der Waals surface area contributed by atoms with E-state index in [0.717, 1.165) is 6.07 Å². The van der Waals surface area contributed by atoms with Crippen LogP contribution in [0, 0.1) is 12.4 Å². The predicted octanol–water partition coefficient (Wildman–Crippen LogP) is 3.80. The molecule has 0 aliphatic carbocycles. The van der Waals surface area contributed by atoms with Crippen LogP contribution in [0.5, 0.6) is 0 Å². The molecule has 0 fully saturated rings. The number of alkyl halides is 2. The van der Waals surface area contributed by atoms with E-state index in [2.05, 4.69) is 15.3 Å². The number of aromatic nitrogens is 2. The minimum Gasteiger partial charge on any atom is -0.391 e. The molecule has 4 rings (SSSR count). The number of fused-ring (bicyclic) bond motifs is 3. The number of halogens is 3. The Morgan fingerprint density at radius 2 is 2.20 bits per heavy atom. The summed E-state index contributed by atoms with van der Waals surface area (Å²) in [7, 11) is 0. The molecule has 0 saturated heterocycles. The first-order valence-corrected chi connectivity index (χ1v) is 9.59. The van der Waals surface area contributed by atoms with Crippen LogP contribution in [0.15, 0.2) is 18.2 Å². The lowest BCUT2D eigenvalue weighted by atomic mass is 9.96. The first kappa shape index (κ1) is 20.2. The van der Waals surface area contributed by atoms with Crippen molar-refractivity contribution in [3.8, 4) is 0 Å². The van der Waals surface area contributed by atoms with Crippen molar-refractivity contribution in [3.05, 3.63) is 52.4 Å². The largest absolute Gasteiger partial charge is 0.391 e. The zero-order chi connectivity index (χ0) is 21.6.